The normalized spacial score (nSPS) is 14.6. The summed E-state index contributed by atoms with van der Waals surface area (Å²) in [5.41, 5.74) is 0.186. The largest absolute Gasteiger partial charge is 0.328 e. The van der Waals surface area contributed by atoms with Crippen LogP contribution in [0.1, 0.15) is 32.6 Å². The van der Waals surface area contributed by atoms with Gasteiger partial charge in [0.15, 0.2) is 5.57 Å². The first kappa shape index (κ1) is 14.0. The van der Waals surface area contributed by atoms with E-state index in [1.165, 1.54) is 31.0 Å². The van der Waals surface area contributed by atoms with Crippen molar-refractivity contribution >= 4 is 29.0 Å². The Morgan fingerprint density at radius 3 is 2.65 bits per heavy atom. The summed E-state index contributed by atoms with van der Waals surface area (Å²) in [5.74, 6) is 0.714. The molecule has 0 amide bonds. The van der Waals surface area contributed by atoms with Gasteiger partial charge in [-0.25, -0.2) is 0 Å². The monoisotopic (exact) mass is 265 g/mol. The third-order valence-corrected chi connectivity index (χ3v) is 4.21. The minimum atomic E-state index is 0.186. The highest BCUT2D eigenvalue weighted by Gasteiger charge is 2.26. The molecular formula is C12H15N3S2. The van der Waals surface area contributed by atoms with Crippen LogP contribution >= 0.6 is 24.0 Å². The minimum absolute atomic E-state index is 0.186. The quantitative estimate of drug-likeness (QED) is 0.434. The molecule has 90 valence electrons. The molecule has 0 aromatic rings. The van der Waals surface area contributed by atoms with E-state index in [2.05, 4.69) is 6.92 Å². The second-order valence-electron chi connectivity index (χ2n) is 3.80. The number of allylic oxidation sites excluding steroid dienone is 1. The topological polar surface area (TPSA) is 50.8 Å². The van der Waals surface area contributed by atoms with Crippen LogP contribution in [-0.4, -0.2) is 22.2 Å². The van der Waals surface area contributed by atoms with Crippen molar-refractivity contribution in [3.05, 3.63) is 10.6 Å². The van der Waals surface area contributed by atoms with Crippen LogP contribution < -0.4 is 0 Å². The molecule has 0 aromatic carbocycles. The SMILES string of the molecule is CCCCCCN1C(=S)CSC1=C(C#N)C#N. The smallest absolute Gasteiger partial charge is 0.159 e. The third kappa shape index (κ3) is 3.73. The molecule has 3 nitrogen and oxygen atoms in total. The maximum Gasteiger partial charge on any atom is 0.159 e. The fourth-order valence-corrected chi connectivity index (χ4v) is 3.08. The summed E-state index contributed by atoms with van der Waals surface area (Å²) < 4.78 is 0. The van der Waals surface area contributed by atoms with Crippen molar-refractivity contribution in [1.82, 2.24) is 4.90 Å². The molecule has 1 aliphatic heterocycles. The number of hydrogen-bond donors (Lipinski definition) is 0. The van der Waals surface area contributed by atoms with Crippen LogP contribution in [0.4, 0.5) is 0 Å². The van der Waals surface area contributed by atoms with Gasteiger partial charge in [-0.15, -0.1) is 0 Å². The highest BCUT2D eigenvalue weighted by molar-refractivity contribution is 8.05. The van der Waals surface area contributed by atoms with E-state index in [1.54, 1.807) is 0 Å². The fraction of sp³-hybridized carbons (Fsp3) is 0.583. The van der Waals surface area contributed by atoms with Crippen LogP contribution in [0.2, 0.25) is 0 Å². The first-order chi connectivity index (χ1) is 8.24. The van der Waals surface area contributed by atoms with Crippen LogP contribution in [0, 0.1) is 22.7 Å². The van der Waals surface area contributed by atoms with E-state index in [1.807, 2.05) is 17.0 Å². The summed E-state index contributed by atoms with van der Waals surface area (Å²) in [4.78, 5) is 2.79. The highest BCUT2D eigenvalue weighted by Crippen LogP contribution is 2.32. The third-order valence-electron chi connectivity index (χ3n) is 2.55. The Morgan fingerprint density at radius 1 is 1.35 bits per heavy atom. The molecule has 0 aromatic heterocycles. The maximum atomic E-state index is 8.89. The Kier molecular flexibility index (Phi) is 6.04. The molecule has 1 fully saturated rings. The first-order valence-corrected chi connectivity index (χ1v) is 7.11. The molecule has 0 aliphatic carbocycles. The van der Waals surface area contributed by atoms with Gasteiger partial charge in [0.1, 0.15) is 17.2 Å². The predicted octanol–water partition coefficient (Wildman–Crippen LogP) is 3.20. The van der Waals surface area contributed by atoms with Gasteiger partial charge in [-0.3, -0.25) is 0 Å². The average Bonchev–Trinajstić information content (AvgIpc) is 2.69. The number of rotatable bonds is 5. The Hall–Kier alpha value is -1.04. The second-order valence-corrected chi connectivity index (χ2v) is 5.23. The van der Waals surface area contributed by atoms with E-state index in [0.29, 0.717) is 5.75 Å². The number of hydrogen-bond acceptors (Lipinski definition) is 4. The van der Waals surface area contributed by atoms with Crippen molar-refractivity contribution < 1.29 is 0 Å². The molecular weight excluding hydrogens is 250 g/mol. The van der Waals surface area contributed by atoms with Crippen LogP contribution in [-0.2, 0) is 0 Å². The van der Waals surface area contributed by atoms with E-state index in [4.69, 9.17) is 22.7 Å². The summed E-state index contributed by atoms with van der Waals surface area (Å²) in [6.45, 7) is 3.00. The standard InChI is InChI=1S/C12H15N3S2/c1-2-3-4-5-6-15-11(16)9-17-12(15)10(7-13)8-14/h2-6,9H2,1H3. The maximum absolute atomic E-state index is 8.89. The van der Waals surface area contributed by atoms with E-state index < -0.39 is 0 Å². The van der Waals surface area contributed by atoms with Crippen LogP contribution in [0.25, 0.3) is 0 Å². The van der Waals surface area contributed by atoms with Gasteiger partial charge in [-0.2, -0.15) is 10.5 Å². The van der Waals surface area contributed by atoms with E-state index >= 15 is 0 Å². The lowest BCUT2D eigenvalue weighted by Gasteiger charge is -2.18. The van der Waals surface area contributed by atoms with Gasteiger partial charge in [-0.1, -0.05) is 50.2 Å². The molecule has 1 aliphatic rings. The molecule has 1 heterocycles. The molecule has 5 heteroatoms. The number of nitrogens with zero attached hydrogens (tertiary/aromatic N) is 3. The zero-order valence-corrected chi connectivity index (χ0v) is 11.5. The lowest BCUT2D eigenvalue weighted by atomic mass is 10.2. The average molecular weight is 265 g/mol. The molecule has 0 radical (unpaired) electrons. The van der Waals surface area contributed by atoms with E-state index in [0.717, 1.165) is 23.0 Å². The van der Waals surface area contributed by atoms with Crippen LogP contribution in [0.5, 0.6) is 0 Å². The number of nitriles is 2. The Balaban J connectivity index is 2.67. The molecule has 0 spiro atoms. The number of unbranched alkanes of at least 4 members (excludes halogenated alkanes) is 3. The van der Waals surface area contributed by atoms with Crippen molar-refractivity contribution in [2.75, 3.05) is 12.3 Å². The van der Waals surface area contributed by atoms with Crippen molar-refractivity contribution in [3.8, 4) is 12.1 Å². The number of thiocarbonyl (C=S) groups is 1. The molecule has 1 saturated heterocycles. The molecule has 0 atom stereocenters. The van der Waals surface area contributed by atoms with E-state index in [9.17, 15) is 0 Å². The van der Waals surface area contributed by atoms with Crippen molar-refractivity contribution in [3.63, 3.8) is 0 Å². The van der Waals surface area contributed by atoms with Gasteiger partial charge < -0.3 is 4.90 Å². The summed E-state index contributed by atoms with van der Waals surface area (Å²) in [5, 5.41) is 18.5. The molecule has 0 saturated carbocycles. The van der Waals surface area contributed by atoms with Crippen LogP contribution in [0.3, 0.4) is 0 Å². The van der Waals surface area contributed by atoms with Gasteiger partial charge in [0.05, 0.1) is 10.7 Å². The summed E-state index contributed by atoms with van der Waals surface area (Å²) in [7, 11) is 0. The van der Waals surface area contributed by atoms with Crippen molar-refractivity contribution in [2.45, 2.75) is 32.6 Å². The van der Waals surface area contributed by atoms with Gasteiger partial charge >= 0.3 is 0 Å². The van der Waals surface area contributed by atoms with Crippen molar-refractivity contribution in [2.24, 2.45) is 0 Å². The lowest BCUT2D eigenvalue weighted by Crippen LogP contribution is -2.24. The van der Waals surface area contributed by atoms with Gasteiger partial charge in [0.2, 0.25) is 0 Å². The molecule has 0 bridgehead atoms. The fourth-order valence-electron chi connectivity index (χ4n) is 1.65. The van der Waals surface area contributed by atoms with E-state index in [-0.39, 0.29) is 5.57 Å². The van der Waals surface area contributed by atoms with Gasteiger partial charge in [0.25, 0.3) is 0 Å². The molecule has 17 heavy (non-hydrogen) atoms. The highest BCUT2D eigenvalue weighted by atomic mass is 32.2. The first-order valence-electron chi connectivity index (χ1n) is 5.72. The summed E-state index contributed by atoms with van der Waals surface area (Å²) >= 11 is 6.76. The molecule has 1 rings (SSSR count). The second kappa shape index (κ2) is 7.32. The van der Waals surface area contributed by atoms with Crippen LogP contribution in [0.15, 0.2) is 10.6 Å². The molecule has 0 N–H and O–H groups in total. The minimum Gasteiger partial charge on any atom is -0.328 e. The lowest BCUT2D eigenvalue weighted by molar-refractivity contribution is 0.509. The van der Waals surface area contributed by atoms with Crippen molar-refractivity contribution in [1.29, 1.82) is 10.5 Å². The summed E-state index contributed by atoms with van der Waals surface area (Å²) in [6.07, 6.45) is 4.64. The Labute approximate surface area is 112 Å². The predicted molar refractivity (Wildman–Crippen MR) is 74.2 cm³/mol. The Morgan fingerprint density at radius 2 is 2.06 bits per heavy atom. The van der Waals surface area contributed by atoms with Gasteiger partial charge in [0, 0.05) is 6.54 Å². The summed E-state index contributed by atoms with van der Waals surface area (Å²) in [6, 6.07) is 3.88. The molecule has 0 unspecified atom stereocenters. The Bertz CT molecular complexity index is 385. The zero-order chi connectivity index (χ0) is 12.7. The van der Waals surface area contributed by atoms with Gasteiger partial charge in [-0.05, 0) is 6.42 Å². The zero-order valence-electron chi connectivity index (χ0n) is 9.90. The number of thioether (sulfide) groups is 1.